The summed E-state index contributed by atoms with van der Waals surface area (Å²) < 4.78 is 4.98. The lowest BCUT2D eigenvalue weighted by atomic mass is 10.3. The van der Waals surface area contributed by atoms with Crippen LogP contribution in [0.3, 0.4) is 0 Å². The van der Waals surface area contributed by atoms with Gasteiger partial charge in [0, 0.05) is 6.07 Å². The molecule has 0 aliphatic carbocycles. The molecule has 0 fully saturated rings. The number of hydroxylamine groups is 1. The fraction of sp³-hybridized carbons (Fsp3) is 0.200. The second-order valence-electron chi connectivity index (χ2n) is 3.39. The third-order valence-corrected chi connectivity index (χ3v) is 3.07. The molecule has 0 bridgehead atoms. The van der Waals surface area contributed by atoms with Gasteiger partial charge in [0.25, 0.3) is 0 Å². The number of nitrogens with zero attached hydrogens (tertiary/aromatic N) is 2. The number of thiophene rings is 1. The van der Waals surface area contributed by atoms with Crippen molar-refractivity contribution in [3.63, 3.8) is 0 Å². The van der Waals surface area contributed by atoms with E-state index in [-0.39, 0.29) is 6.23 Å². The van der Waals surface area contributed by atoms with Crippen molar-refractivity contribution in [1.82, 2.24) is 10.6 Å². The fourth-order valence-corrected chi connectivity index (χ4v) is 2.12. The normalized spacial score (nSPS) is 19.6. The molecule has 1 N–H and O–H groups in total. The molecule has 0 aromatic carbocycles. The molecule has 5 nitrogen and oxygen atoms in total. The Morgan fingerprint density at radius 2 is 2.44 bits per heavy atom. The van der Waals surface area contributed by atoms with Gasteiger partial charge in [0.1, 0.15) is 5.76 Å². The minimum absolute atomic E-state index is 0.285. The summed E-state index contributed by atoms with van der Waals surface area (Å²) in [6, 6.07) is 5.76. The molecule has 1 aliphatic rings. The van der Waals surface area contributed by atoms with Gasteiger partial charge in [-0.2, -0.15) is 0 Å². The van der Waals surface area contributed by atoms with Gasteiger partial charge in [-0.05, 0) is 18.4 Å². The molecule has 3 heterocycles. The van der Waals surface area contributed by atoms with Gasteiger partial charge in [-0.25, -0.2) is 15.3 Å². The van der Waals surface area contributed by atoms with Crippen LogP contribution in [0.15, 0.2) is 33.1 Å². The third-order valence-electron chi connectivity index (χ3n) is 2.17. The van der Waals surface area contributed by atoms with Gasteiger partial charge in [0.15, 0.2) is 11.5 Å². The highest BCUT2D eigenvalue weighted by Crippen LogP contribution is 2.26. The number of aromatic nitrogens is 1. The second kappa shape index (κ2) is 3.73. The zero-order valence-electron chi connectivity index (χ0n) is 8.51. The first-order chi connectivity index (χ1) is 7.83. The molecule has 1 aliphatic heterocycles. The Morgan fingerprint density at radius 3 is 3.12 bits per heavy atom. The van der Waals surface area contributed by atoms with Gasteiger partial charge in [0.2, 0.25) is 6.23 Å². The number of aliphatic imine (C=N–C) groups is 1. The third kappa shape index (κ3) is 1.62. The van der Waals surface area contributed by atoms with Crippen molar-refractivity contribution in [3.8, 4) is 0 Å². The molecule has 0 amide bonds. The van der Waals surface area contributed by atoms with Crippen molar-refractivity contribution in [2.24, 2.45) is 4.99 Å². The first kappa shape index (κ1) is 9.56. The van der Waals surface area contributed by atoms with Crippen molar-refractivity contribution < 1.29 is 9.36 Å². The maximum Gasteiger partial charge on any atom is 0.211 e. The number of amidine groups is 1. The van der Waals surface area contributed by atoms with Gasteiger partial charge < -0.3 is 4.52 Å². The summed E-state index contributed by atoms with van der Waals surface area (Å²) in [5.41, 5.74) is 3.42. The Bertz CT molecular complexity index is 518. The summed E-state index contributed by atoms with van der Waals surface area (Å²) in [6.45, 7) is 1.84. The van der Waals surface area contributed by atoms with Crippen LogP contribution in [0.5, 0.6) is 0 Å². The molecule has 2 aromatic rings. The smallest absolute Gasteiger partial charge is 0.211 e. The fourth-order valence-electron chi connectivity index (χ4n) is 1.43. The van der Waals surface area contributed by atoms with Crippen LogP contribution in [0.25, 0.3) is 0 Å². The monoisotopic (exact) mass is 235 g/mol. The maximum atomic E-state index is 5.35. The lowest BCUT2D eigenvalue weighted by Crippen LogP contribution is -2.18. The second-order valence-corrected chi connectivity index (χ2v) is 4.37. The molecule has 1 atom stereocenters. The van der Waals surface area contributed by atoms with Crippen LogP contribution in [0, 0.1) is 6.92 Å². The summed E-state index contributed by atoms with van der Waals surface area (Å²) in [4.78, 5) is 10.8. The molecular formula is C10H9N3O2S. The largest absolute Gasteiger partial charge is 0.361 e. The molecular weight excluding hydrogens is 226 g/mol. The van der Waals surface area contributed by atoms with Crippen molar-refractivity contribution in [2.75, 3.05) is 0 Å². The minimum Gasteiger partial charge on any atom is -0.361 e. The molecule has 0 radical (unpaired) electrons. The zero-order chi connectivity index (χ0) is 11.0. The molecule has 6 heteroatoms. The van der Waals surface area contributed by atoms with Gasteiger partial charge in [-0.1, -0.05) is 11.2 Å². The average Bonchev–Trinajstić information content (AvgIpc) is 2.97. The Morgan fingerprint density at radius 1 is 1.50 bits per heavy atom. The van der Waals surface area contributed by atoms with Crippen LogP contribution in [0.1, 0.15) is 22.6 Å². The zero-order valence-corrected chi connectivity index (χ0v) is 9.32. The molecule has 0 saturated carbocycles. The lowest BCUT2D eigenvalue weighted by molar-refractivity contribution is 0.0398. The van der Waals surface area contributed by atoms with Crippen molar-refractivity contribution >= 4 is 17.2 Å². The SMILES string of the molecule is Cc1cc(C2=NC(c3cccs3)ON2)no1. The highest BCUT2D eigenvalue weighted by atomic mass is 32.1. The average molecular weight is 235 g/mol. The molecule has 16 heavy (non-hydrogen) atoms. The summed E-state index contributed by atoms with van der Waals surface area (Å²) in [6.07, 6.45) is -0.285. The van der Waals surface area contributed by atoms with E-state index in [0.29, 0.717) is 11.5 Å². The van der Waals surface area contributed by atoms with E-state index in [1.807, 2.05) is 30.5 Å². The van der Waals surface area contributed by atoms with Crippen LogP contribution < -0.4 is 5.48 Å². The molecule has 82 valence electrons. The topological polar surface area (TPSA) is 59.6 Å². The lowest BCUT2D eigenvalue weighted by Gasteiger charge is -2.00. The molecule has 1 unspecified atom stereocenters. The number of rotatable bonds is 2. The standard InChI is InChI=1S/C10H9N3O2S/c1-6-5-7(12-14-6)9-11-10(15-13-9)8-3-2-4-16-8/h2-5,10H,1H3,(H,11,13). The van der Waals surface area contributed by atoms with Gasteiger partial charge in [0.05, 0.1) is 4.88 Å². The van der Waals surface area contributed by atoms with E-state index in [2.05, 4.69) is 15.6 Å². The van der Waals surface area contributed by atoms with Crippen LogP contribution in [-0.2, 0) is 4.84 Å². The van der Waals surface area contributed by atoms with E-state index in [1.54, 1.807) is 11.3 Å². The maximum absolute atomic E-state index is 5.35. The Labute approximate surface area is 95.7 Å². The predicted octanol–water partition coefficient (Wildman–Crippen LogP) is 2.02. The van der Waals surface area contributed by atoms with E-state index in [0.717, 1.165) is 10.6 Å². The van der Waals surface area contributed by atoms with Crippen LogP contribution >= 0.6 is 11.3 Å². The molecule has 0 spiro atoms. The van der Waals surface area contributed by atoms with E-state index < -0.39 is 0 Å². The highest BCUT2D eigenvalue weighted by Gasteiger charge is 2.23. The van der Waals surface area contributed by atoms with Crippen molar-refractivity contribution in [1.29, 1.82) is 0 Å². The Hall–Kier alpha value is -1.66. The first-order valence-corrected chi connectivity index (χ1v) is 5.67. The number of hydrogen-bond acceptors (Lipinski definition) is 6. The van der Waals surface area contributed by atoms with Crippen LogP contribution in [0.2, 0.25) is 0 Å². The summed E-state index contributed by atoms with van der Waals surface area (Å²) in [5, 5.41) is 5.86. The number of hydrogen-bond donors (Lipinski definition) is 1. The van der Waals surface area contributed by atoms with Crippen LogP contribution in [-0.4, -0.2) is 11.0 Å². The Balaban J connectivity index is 1.87. The molecule has 2 aromatic heterocycles. The highest BCUT2D eigenvalue weighted by molar-refractivity contribution is 7.10. The van der Waals surface area contributed by atoms with E-state index in [9.17, 15) is 0 Å². The van der Waals surface area contributed by atoms with Gasteiger partial charge in [-0.3, -0.25) is 0 Å². The van der Waals surface area contributed by atoms with Gasteiger partial charge in [-0.15, -0.1) is 11.3 Å². The van der Waals surface area contributed by atoms with Gasteiger partial charge >= 0.3 is 0 Å². The number of aryl methyl sites for hydroxylation is 1. The number of nitrogens with one attached hydrogen (secondary N) is 1. The van der Waals surface area contributed by atoms with Crippen molar-refractivity contribution in [2.45, 2.75) is 13.2 Å². The molecule has 0 saturated heterocycles. The summed E-state index contributed by atoms with van der Waals surface area (Å²) in [5.74, 6) is 1.36. The van der Waals surface area contributed by atoms with Crippen LogP contribution in [0.4, 0.5) is 0 Å². The minimum atomic E-state index is -0.285. The van der Waals surface area contributed by atoms with E-state index in [1.165, 1.54) is 0 Å². The first-order valence-electron chi connectivity index (χ1n) is 4.79. The van der Waals surface area contributed by atoms with Crippen molar-refractivity contribution in [3.05, 3.63) is 39.9 Å². The Kier molecular flexibility index (Phi) is 2.23. The summed E-state index contributed by atoms with van der Waals surface area (Å²) in [7, 11) is 0. The molecule has 3 rings (SSSR count). The van der Waals surface area contributed by atoms with E-state index >= 15 is 0 Å². The van der Waals surface area contributed by atoms with E-state index in [4.69, 9.17) is 9.36 Å². The summed E-state index contributed by atoms with van der Waals surface area (Å²) >= 11 is 1.61. The quantitative estimate of drug-likeness (QED) is 0.865. The predicted molar refractivity (Wildman–Crippen MR) is 59.1 cm³/mol.